The van der Waals surface area contributed by atoms with Crippen molar-refractivity contribution < 1.29 is 14.3 Å². The highest BCUT2D eigenvalue weighted by molar-refractivity contribution is 6.35. The molecule has 0 unspecified atom stereocenters. The van der Waals surface area contributed by atoms with Crippen LogP contribution in [0.5, 0.6) is 11.5 Å². The predicted octanol–water partition coefficient (Wildman–Crippen LogP) is 4.15. The van der Waals surface area contributed by atoms with Gasteiger partial charge in [0.2, 0.25) is 0 Å². The first kappa shape index (κ1) is 14.5. The van der Waals surface area contributed by atoms with Gasteiger partial charge in [-0.2, -0.15) is 0 Å². The highest BCUT2D eigenvalue weighted by Crippen LogP contribution is 2.35. The Kier molecular flexibility index (Phi) is 4.37. The van der Waals surface area contributed by atoms with Crippen molar-refractivity contribution in [1.29, 1.82) is 0 Å². The Morgan fingerprint density at radius 2 is 1.90 bits per heavy atom. The SMILES string of the molecule is COC(=O)c1cccc(Oc2ccc(Cl)cc2Cl)c1N. The number of nitrogen functional groups attached to an aromatic ring is 1. The number of methoxy groups -OCH3 is 1. The van der Waals surface area contributed by atoms with E-state index in [0.717, 1.165) is 0 Å². The fourth-order valence-corrected chi connectivity index (χ4v) is 2.04. The molecule has 2 rings (SSSR count). The van der Waals surface area contributed by atoms with E-state index in [1.54, 1.807) is 36.4 Å². The van der Waals surface area contributed by atoms with Gasteiger partial charge in [-0.3, -0.25) is 0 Å². The van der Waals surface area contributed by atoms with Gasteiger partial charge in [0.1, 0.15) is 5.75 Å². The summed E-state index contributed by atoms with van der Waals surface area (Å²) in [5.74, 6) is 0.178. The average Bonchev–Trinajstić information content (AvgIpc) is 2.43. The summed E-state index contributed by atoms with van der Waals surface area (Å²) in [4.78, 5) is 11.5. The van der Waals surface area contributed by atoms with Gasteiger partial charge in [0.15, 0.2) is 5.75 Å². The van der Waals surface area contributed by atoms with E-state index in [0.29, 0.717) is 21.5 Å². The molecule has 0 aliphatic carbocycles. The van der Waals surface area contributed by atoms with Crippen LogP contribution in [0.4, 0.5) is 5.69 Å². The fraction of sp³-hybridized carbons (Fsp3) is 0.0714. The Labute approximate surface area is 126 Å². The predicted molar refractivity (Wildman–Crippen MR) is 78.7 cm³/mol. The third-order valence-corrected chi connectivity index (χ3v) is 3.12. The lowest BCUT2D eigenvalue weighted by atomic mass is 10.1. The number of carbonyl (C=O) groups is 1. The molecule has 0 fully saturated rings. The molecule has 0 atom stereocenters. The molecule has 0 aromatic heterocycles. The average molecular weight is 312 g/mol. The third kappa shape index (κ3) is 2.98. The second kappa shape index (κ2) is 6.03. The summed E-state index contributed by atoms with van der Waals surface area (Å²) in [6, 6.07) is 9.64. The van der Waals surface area contributed by atoms with Crippen molar-refractivity contribution in [2.75, 3.05) is 12.8 Å². The summed E-state index contributed by atoms with van der Waals surface area (Å²) in [6.45, 7) is 0. The number of rotatable bonds is 3. The number of hydrogen-bond donors (Lipinski definition) is 1. The summed E-state index contributed by atoms with van der Waals surface area (Å²) in [6.07, 6.45) is 0. The maximum atomic E-state index is 11.5. The molecule has 0 spiro atoms. The third-order valence-electron chi connectivity index (χ3n) is 2.59. The van der Waals surface area contributed by atoms with E-state index in [1.807, 2.05) is 0 Å². The normalized spacial score (nSPS) is 10.2. The van der Waals surface area contributed by atoms with E-state index < -0.39 is 5.97 Å². The molecule has 2 N–H and O–H groups in total. The molecule has 20 heavy (non-hydrogen) atoms. The second-order valence-corrected chi connectivity index (χ2v) is 4.73. The van der Waals surface area contributed by atoms with Gasteiger partial charge >= 0.3 is 5.97 Å². The Bertz CT molecular complexity index is 659. The van der Waals surface area contributed by atoms with Crippen molar-refractivity contribution in [1.82, 2.24) is 0 Å². The Morgan fingerprint density at radius 3 is 2.55 bits per heavy atom. The highest BCUT2D eigenvalue weighted by atomic mass is 35.5. The van der Waals surface area contributed by atoms with Gasteiger partial charge in [-0.15, -0.1) is 0 Å². The molecule has 0 bridgehead atoms. The number of ether oxygens (including phenoxy) is 2. The van der Waals surface area contributed by atoms with Crippen molar-refractivity contribution in [2.24, 2.45) is 0 Å². The first-order valence-electron chi connectivity index (χ1n) is 5.62. The second-order valence-electron chi connectivity index (χ2n) is 3.89. The minimum Gasteiger partial charge on any atom is -0.465 e. The van der Waals surface area contributed by atoms with Crippen LogP contribution >= 0.6 is 23.2 Å². The van der Waals surface area contributed by atoms with Crippen molar-refractivity contribution >= 4 is 34.9 Å². The van der Waals surface area contributed by atoms with Gasteiger partial charge < -0.3 is 15.2 Å². The molecule has 0 saturated heterocycles. The van der Waals surface area contributed by atoms with Crippen molar-refractivity contribution in [3.63, 3.8) is 0 Å². The topological polar surface area (TPSA) is 61.5 Å². The molecule has 104 valence electrons. The van der Waals surface area contributed by atoms with Gasteiger partial charge in [0.25, 0.3) is 0 Å². The van der Waals surface area contributed by atoms with Crippen molar-refractivity contribution in [3.8, 4) is 11.5 Å². The standard InChI is InChI=1S/C14H11Cl2NO3/c1-19-14(18)9-3-2-4-12(13(9)17)20-11-6-5-8(15)7-10(11)16/h2-7H,17H2,1H3. The van der Waals surface area contributed by atoms with Gasteiger partial charge in [0.05, 0.1) is 23.4 Å². The largest absolute Gasteiger partial charge is 0.465 e. The Morgan fingerprint density at radius 1 is 1.15 bits per heavy atom. The van der Waals surface area contributed by atoms with E-state index in [9.17, 15) is 4.79 Å². The van der Waals surface area contributed by atoms with E-state index in [2.05, 4.69) is 4.74 Å². The Hall–Kier alpha value is -1.91. The molecule has 0 saturated carbocycles. The zero-order chi connectivity index (χ0) is 14.7. The van der Waals surface area contributed by atoms with E-state index in [-0.39, 0.29) is 11.3 Å². The monoisotopic (exact) mass is 311 g/mol. The van der Waals surface area contributed by atoms with Gasteiger partial charge in [-0.05, 0) is 30.3 Å². The Balaban J connectivity index is 2.37. The van der Waals surface area contributed by atoms with Crippen LogP contribution in [0.15, 0.2) is 36.4 Å². The molecular weight excluding hydrogens is 301 g/mol. The summed E-state index contributed by atoms with van der Waals surface area (Å²) in [5, 5.41) is 0.846. The lowest BCUT2D eigenvalue weighted by Gasteiger charge is -2.12. The van der Waals surface area contributed by atoms with Crippen molar-refractivity contribution in [2.45, 2.75) is 0 Å². The van der Waals surface area contributed by atoms with Crippen LogP contribution in [0.3, 0.4) is 0 Å². The fourth-order valence-electron chi connectivity index (χ4n) is 1.60. The molecule has 0 amide bonds. The summed E-state index contributed by atoms with van der Waals surface area (Å²) >= 11 is 11.8. The van der Waals surface area contributed by atoms with Crippen LogP contribution in [-0.4, -0.2) is 13.1 Å². The number of hydrogen-bond acceptors (Lipinski definition) is 4. The van der Waals surface area contributed by atoms with E-state index >= 15 is 0 Å². The maximum Gasteiger partial charge on any atom is 0.340 e. The van der Waals surface area contributed by atoms with Crippen LogP contribution in [-0.2, 0) is 4.74 Å². The summed E-state index contributed by atoms with van der Waals surface area (Å²) in [7, 11) is 1.28. The molecule has 4 nitrogen and oxygen atoms in total. The quantitative estimate of drug-likeness (QED) is 0.683. The van der Waals surface area contributed by atoms with Gasteiger partial charge in [0, 0.05) is 5.02 Å². The number of benzene rings is 2. The van der Waals surface area contributed by atoms with Crippen LogP contribution in [0.2, 0.25) is 10.0 Å². The van der Waals surface area contributed by atoms with Gasteiger partial charge in [-0.1, -0.05) is 29.3 Å². The summed E-state index contributed by atoms with van der Waals surface area (Å²) in [5.41, 5.74) is 6.31. The number of nitrogens with two attached hydrogens (primary N) is 1. The van der Waals surface area contributed by atoms with Gasteiger partial charge in [-0.25, -0.2) is 4.79 Å². The van der Waals surface area contributed by atoms with Crippen LogP contribution in [0.1, 0.15) is 10.4 Å². The van der Waals surface area contributed by atoms with Crippen LogP contribution in [0.25, 0.3) is 0 Å². The number of esters is 1. The first-order valence-corrected chi connectivity index (χ1v) is 6.38. The number of halogens is 2. The first-order chi connectivity index (χ1) is 9.52. The van der Waals surface area contributed by atoms with Crippen LogP contribution < -0.4 is 10.5 Å². The van der Waals surface area contributed by atoms with Crippen molar-refractivity contribution in [3.05, 3.63) is 52.0 Å². The zero-order valence-electron chi connectivity index (χ0n) is 10.5. The molecular formula is C14H11Cl2NO3. The van der Waals surface area contributed by atoms with E-state index in [4.69, 9.17) is 33.7 Å². The maximum absolute atomic E-state index is 11.5. The lowest BCUT2D eigenvalue weighted by molar-refractivity contribution is 0.0601. The molecule has 6 heteroatoms. The highest BCUT2D eigenvalue weighted by Gasteiger charge is 2.15. The van der Waals surface area contributed by atoms with E-state index in [1.165, 1.54) is 7.11 Å². The molecule has 0 radical (unpaired) electrons. The number of anilines is 1. The smallest absolute Gasteiger partial charge is 0.340 e. The molecule has 0 heterocycles. The lowest BCUT2D eigenvalue weighted by Crippen LogP contribution is -2.06. The molecule has 2 aromatic carbocycles. The minimum atomic E-state index is -0.532. The number of para-hydroxylation sites is 1. The molecule has 0 aliphatic heterocycles. The summed E-state index contributed by atoms with van der Waals surface area (Å²) < 4.78 is 10.3. The zero-order valence-corrected chi connectivity index (χ0v) is 12.0. The molecule has 2 aromatic rings. The minimum absolute atomic E-state index is 0.186. The van der Waals surface area contributed by atoms with Crippen LogP contribution in [0, 0.1) is 0 Å². The molecule has 0 aliphatic rings. The number of carbonyl (C=O) groups excluding carboxylic acids is 1.